The van der Waals surface area contributed by atoms with Crippen molar-refractivity contribution in [3.63, 3.8) is 0 Å². The first kappa shape index (κ1) is 10.5. The van der Waals surface area contributed by atoms with Gasteiger partial charge in [0.1, 0.15) is 0 Å². The topological polar surface area (TPSA) is 72.5 Å². The van der Waals surface area contributed by atoms with Crippen molar-refractivity contribution in [3.05, 3.63) is 0 Å². The van der Waals surface area contributed by atoms with Gasteiger partial charge in [0.15, 0.2) is 0 Å². The average molecular weight is 202 g/mol. The Bertz CT molecular complexity index is 224. The van der Waals surface area contributed by atoms with Gasteiger partial charge in [-0.25, -0.2) is 17.9 Å². The number of hydrogen-bond donors (Lipinski definition) is 1. The van der Waals surface area contributed by atoms with E-state index in [2.05, 4.69) is 4.74 Å². The third-order valence-corrected chi connectivity index (χ3v) is 2.40. The highest BCUT2D eigenvalue weighted by molar-refractivity contribution is 7.90. The molecule has 0 aliphatic carbocycles. The number of nitrogens with one attached hydrogen (secondary N) is 1. The maximum absolute atomic E-state index is 10.7. The van der Waals surface area contributed by atoms with Crippen molar-refractivity contribution in [2.75, 3.05) is 18.7 Å². The van der Waals surface area contributed by atoms with E-state index in [1.54, 1.807) is 4.72 Å². The Labute approximate surface area is 69.7 Å². The lowest BCUT2D eigenvalue weighted by molar-refractivity contribution is 0.177. The summed E-state index contributed by atoms with van der Waals surface area (Å²) in [6.07, 6.45) is -1.00. The molecule has 0 saturated heterocycles. The lowest BCUT2D eigenvalue weighted by Crippen LogP contribution is -2.32. The molecule has 11 heavy (non-hydrogen) atoms. The lowest BCUT2D eigenvalue weighted by Gasteiger charge is -2.01. The molecule has 0 aliphatic rings. The minimum atomic E-state index is -3.60. The van der Waals surface area contributed by atoms with Gasteiger partial charge in [-0.05, 0) is 0 Å². The van der Waals surface area contributed by atoms with Crippen molar-refractivity contribution < 1.29 is 17.9 Å². The second kappa shape index (κ2) is 4.40. The molecule has 5 nitrogen and oxygen atoms in total. The van der Waals surface area contributed by atoms with Crippen molar-refractivity contribution in [2.45, 2.75) is 0 Å². The van der Waals surface area contributed by atoms with Crippen molar-refractivity contribution in [1.29, 1.82) is 0 Å². The first-order chi connectivity index (χ1) is 5.02. The Morgan fingerprint density at radius 2 is 2.18 bits per heavy atom. The molecule has 1 amide bonds. The van der Waals surface area contributed by atoms with Gasteiger partial charge < -0.3 is 4.74 Å². The Kier molecular flexibility index (Phi) is 4.20. The van der Waals surface area contributed by atoms with E-state index in [-0.39, 0.29) is 11.6 Å². The summed E-state index contributed by atoms with van der Waals surface area (Å²) in [5.74, 6) is -0.365. The Morgan fingerprint density at radius 3 is 2.55 bits per heavy atom. The van der Waals surface area contributed by atoms with Crippen LogP contribution in [0, 0.1) is 0 Å². The van der Waals surface area contributed by atoms with E-state index in [0.717, 1.165) is 7.11 Å². The van der Waals surface area contributed by atoms with E-state index in [1.807, 2.05) is 0 Å². The maximum atomic E-state index is 10.7. The zero-order valence-electron chi connectivity index (χ0n) is 5.83. The standard InChI is InChI=1S/C4H8ClNO4S/c1-10-4(7)6-11(8,9)3-2-5/h2-3H2,1H3,(H,6,7). The summed E-state index contributed by atoms with van der Waals surface area (Å²) in [6.45, 7) is 0. The zero-order valence-corrected chi connectivity index (χ0v) is 7.41. The fourth-order valence-electron chi connectivity index (χ4n) is 0.321. The number of ether oxygens (including phenoxy) is 1. The molecule has 0 saturated carbocycles. The minimum Gasteiger partial charge on any atom is -0.452 e. The molecule has 0 heterocycles. The number of carbonyl (C=O) groups is 1. The third kappa shape index (κ3) is 4.86. The summed E-state index contributed by atoms with van der Waals surface area (Å²) in [5, 5.41) is 0. The monoisotopic (exact) mass is 201 g/mol. The summed E-state index contributed by atoms with van der Waals surface area (Å²) < 4.78 is 27.1. The zero-order chi connectivity index (χ0) is 8.91. The second-order valence-electron chi connectivity index (χ2n) is 1.60. The van der Waals surface area contributed by atoms with Crippen LogP contribution in [0.15, 0.2) is 0 Å². The van der Waals surface area contributed by atoms with Crippen molar-refractivity contribution in [2.24, 2.45) is 0 Å². The van der Waals surface area contributed by atoms with E-state index in [9.17, 15) is 13.2 Å². The summed E-state index contributed by atoms with van der Waals surface area (Å²) in [6, 6.07) is 0. The lowest BCUT2D eigenvalue weighted by atomic mass is 11.0. The van der Waals surface area contributed by atoms with Gasteiger partial charge in [-0.3, -0.25) is 0 Å². The van der Waals surface area contributed by atoms with Crippen LogP contribution in [0.2, 0.25) is 0 Å². The number of sulfonamides is 1. The molecule has 0 unspecified atom stereocenters. The number of alkyl halides is 1. The highest BCUT2D eigenvalue weighted by atomic mass is 35.5. The fourth-order valence-corrected chi connectivity index (χ4v) is 1.57. The summed E-state index contributed by atoms with van der Waals surface area (Å²) in [5.41, 5.74) is 0. The molecule has 1 N–H and O–H groups in total. The summed E-state index contributed by atoms with van der Waals surface area (Å²) >= 11 is 5.14. The summed E-state index contributed by atoms with van der Waals surface area (Å²) in [4.78, 5) is 10.3. The number of hydrogen-bond acceptors (Lipinski definition) is 4. The predicted molar refractivity (Wildman–Crippen MR) is 40.0 cm³/mol. The molecule has 0 bridgehead atoms. The predicted octanol–water partition coefficient (Wildman–Crippen LogP) is -0.0890. The van der Waals surface area contributed by atoms with Crippen LogP contribution in [0.25, 0.3) is 0 Å². The molecule has 0 aromatic rings. The van der Waals surface area contributed by atoms with E-state index in [0.29, 0.717) is 0 Å². The third-order valence-electron chi connectivity index (χ3n) is 0.770. The molecule has 0 spiro atoms. The molecule has 0 radical (unpaired) electrons. The van der Waals surface area contributed by atoms with Crippen molar-refractivity contribution >= 4 is 27.7 Å². The summed E-state index contributed by atoms with van der Waals surface area (Å²) in [7, 11) is -2.52. The van der Waals surface area contributed by atoms with Gasteiger partial charge in [0.2, 0.25) is 10.0 Å². The molecular weight excluding hydrogens is 194 g/mol. The Hall–Kier alpha value is -0.490. The second-order valence-corrected chi connectivity index (χ2v) is 3.82. The smallest absolute Gasteiger partial charge is 0.420 e. The van der Waals surface area contributed by atoms with Crippen LogP contribution in [-0.2, 0) is 14.8 Å². The molecule has 7 heteroatoms. The van der Waals surface area contributed by atoms with Crippen molar-refractivity contribution in [1.82, 2.24) is 4.72 Å². The Morgan fingerprint density at radius 1 is 1.64 bits per heavy atom. The largest absolute Gasteiger partial charge is 0.452 e. The normalized spacial score (nSPS) is 10.7. The highest BCUT2D eigenvalue weighted by Crippen LogP contribution is 1.87. The number of carbonyl (C=O) groups excluding carboxylic acids is 1. The van der Waals surface area contributed by atoms with Gasteiger partial charge >= 0.3 is 6.09 Å². The van der Waals surface area contributed by atoms with Crippen molar-refractivity contribution in [3.8, 4) is 0 Å². The molecule has 0 aliphatic heterocycles. The highest BCUT2D eigenvalue weighted by Gasteiger charge is 2.12. The van der Waals surface area contributed by atoms with E-state index < -0.39 is 16.1 Å². The first-order valence-corrected chi connectivity index (χ1v) is 4.85. The Balaban J connectivity index is 4.03. The molecule has 66 valence electrons. The molecule has 0 rings (SSSR count). The van der Waals surface area contributed by atoms with Gasteiger partial charge in [0, 0.05) is 5.88 Å². The number of rotatable bonds is 3. The van der Waals surface area contributed by atoms with Gasteiger partial charge in [-0.1, -0.05) is 0 Å². The SMILES string of the molecule is COC(=O)NS(=O)(=O)CCCl. The van der Waals surface area contributed by atoms with Gasteiger partial charge in [0.05, 0.1) is 12.9 Å². The van der Waals surface area contributed by atoms with E-state index >= 15 is 0 Å². The number of halogens is 1. The molecule has 0 atom stereocenters. The van der Waals surface area contributed by atoms with Crippen LogP contribution in [-0.4, -0.2) is 33.3 Å². The number of methoxy groups -OCH3 is 1. The number of amides is 1. The molecular formula is C4H8ClNO4S. The van der Waals surface area contributed by atoms with Crippen LogP contribution in [0.1, 0.15) is 0 Å². The van der Waals surface area contributed by atoms with Crippen LogP contribution in [0.3, 0.4) is 0 Å². The van der Waals surface area contributed by atoms with Gasteiger partial charge in [0.25, 0.3) is 0 Å². The van der Waals surface area contributed by atoms with Crippen LogP contribution >= 0.6 is 11.6 Å². The quantitative estimate of drug-likeness (QED) is 0.648. The van der Waals surface area contributed by atoms with Gasteiger partial charge in [-0.15, -0.1) is 11.6 Å². The van der Waals surface area contributed by atoms with Crippen LogP contribution < -0.4 is 4.72 Å². The average Bonchev–Trinajstić information content (AvgIpc) is 1.86. The van der Waals surface area contributed by atoms with Crippen LogP contribution in [0.5, 0.6) is 0 Å². The molecule has 0 aromatic carbocycles. The molecule has 0 fully saturated rings. The fraction of sp³-hybridized carbons (Fsp3) is 0.750. The van der Waals surface area contributed by atoms with E-state index in [4.69, 9.17) is 11.6 Å². The van der Waals surface area contributed by atoms with Gasteiger partial charge in [-0.2, -0.15) is 0 Å². The molecule has 0 aromatic heterocycles. The first-order valence-electron chi connectivity index (χ1n) is 2.66. The van der Waals surface area contributed by atoms with Crippen LogP contribution in [0.4, 0.5) is 4.79 Å². The maximum Gasteiger partial charge on any atom is 0.420 e. The minimum absolute atomic E-state index is 0.0632. The van der Waals surface area contributed by atoms with E-state index in [1.165, 1.54) is 0 Å².